The van der Waals surface area contributed by atoms with Gasteiger partial charge in [0.25, 0.3) is 0 Å². The van der Waals surface area contributed by atoms with E-state index in [2.05, 4.69) is 11.4 Å². The maximum atomic E-state index is 13.1. The number of nitrogens with zero attached hydrogens (tertiary/aromatic N) is 2. The number of halogens is 1. The van der Waals surface area contributed by atoms with E-state index in [1.165, 1.54) is 24.8 Å². The number of methoxy groups -OCH3 is 1. The monoisotopic (exact) mass is 477 g/mol. The molecule has 0 atom stereocenters. The van der Waals surface area contributed by atoms with Gasteiger partial charge in [0.15, 0.2) is 0 Å². The zero-order chi connectivity index (χ0) is 24.6. The van der Waals surface area contributed by atoms with Crippen molar-refractivity contribution in [3.8, 4) is 17.0 Å². The van der Waals surface area contributed by atoms with E-state index >= 15 is 0 Å². The van der Waals surface area contributed by atoms with Crippen LogP contribution in [-0.2, 0) is 11.2 Å². The van der Waals surface area contributed by atoms with Gasteiger partial charge < -0.3 is 19.6 Å². The first-order valence-corrected chi connectivity index (χ1v) is 11.0. The number of benzene rings is 2. The third-order valence-corrected chi connectivity index (χ3v) is 6.10. The van der Waals surface area contributed by atoms with Crippen LogP contribution in [0.25, 0.3) is 16.9 Å². The van der Waals surface area contributed by atoms with Crippen molar-refractivity contribution in [3.63, 3.8) is 0 Å². The van der Waals surface area contributed by atoms with Crippen molar-refractivity contribution >= 4 is 34.8 Å². The summed E-state index contributed by atoms with van der Waals surface area (Å²) in [7, 11) is 1.36. The molecule has 2 N–H and O–H groups in total. The summed E-state index contributed by atoms with van der Waals surface area (Å²) < 4.78 is 7.06. The Bertz CT molecular complexity index is 1440. The Hall–Kier alpha value is -3.84. The predicted molar refractivity (Wildman–Crippen MR) is 132 cm³/mol. The predicted octanol–water partition coefficient (Wildman–Crippen LogP) is 5.47. The minimum Gasteiger partial charge on any atom is -0.496 e. The van der Waals surface area contributed by atoms with Gasteiger partial charge in [0.2, 0.25) is 5.91 Å². The van der Waals surface area contributed by atoms with E-state index in [1.54, 1.807) is 0 Å². The quantitative estimate of drug-likeness (QED) is 0.384. The van der Waals surface area contributed by atoms with Crippen molar-refractivity contribution in [1.29, 1.82) is 0 Å². The van der Waals surface area contributed by atoms with Crippen LogP contribution in [0.15, 0.2) is 48.7 Å². The molecule has 0 unspecified atom stereocenters. The zero-order valence-electron chi connectivity index (χ0n) is 19.3. The number of anilines is 1. The van der Waals surface area contributed by atoms with Gasteiger partial charge in [-0.3, -0.25) is 4.79 Å². The molecule has 8 heteroatoms. The Balaban J connectivity index is 1.72. The molecule has 0 bridgehead atoms. The number of carboxylic acid groups (broad SMARTS) is 1. The first-order valence-electron chi connectivity index (χ1n) is 10.6. The molecule has 0 saturated carbocycles. The number of aryl methyl sites for hydroxylation is 3. The highest BCUT2D eigenvalue weighted by atomic mass is 35.5. The summed E-state index contributed by atoms with van der Waals surface area (Å²) in [6, 6.07) is 12.7. The SMILES string of the molecule is COc1cc(NC(=O)Cc2c(-c3ccc(C)c(C)c3)nc3cc(C)ccn23)c(Cl)cc1C(=O)O. The number of aromatic carboxylic acids is 1. The summed E-state index contributed by atoms with van der Waals surface area (Å²) in [5, 5.41) is 12.2. The number of aromatic nitrogens is 2. The fourth-order valence-corrected chi connectivity index (χ4v) is 4.03. The lowest BCUT2D eigenvalue weighted by Crippen LogP contribution is -2.17. The van der Waals surface area contributed by atoms with Gasteiger partial charge in [-0.25, -0.2) is 9.78 Å². The highest BCUT2D eigenvalue weighted by molar-refractivity contribution is 6.34. The molecule has 0 aliphatic rings. The molecule has 0 aliphatic heterocycles. The standard InChI is InChI=1S/C26H24ClN3O4/c1-14-7-8-30-21(25(29-23(30)9-14)17-6-5-15(2)16(3)10-17)13-24(31)28-20-12-22(34-4)18(26(32)33)11-19(20)27/h5-12H,13H2,1-4H3,(H,28,31)(H,32,33). The summed E-state index contributed by atoms with van der Waals surface area (Å²) in [4.78, 5) is 29.3. The number of carbonyl (C=O) groups is 2. The number of hydrogen-bond donors (Lipinski definition) is 2. The van der Waals surface area contributed by atoms with E-state index in [9.17, 15) is 14.7 Å². The molecule has 2 aromatic carbocycles. The molecule has 0 aliphatic carbocycles. The molecular formula is C26H24ClN3O4. The van der Waals surface area contributed by atoms with Gasteiger partial charge in [0.05, 0.1) is 35.6 Å². The van der Waals surface area contributed by atoms with E-state index in [0.717, 1.165) is 33.7 Å². The topological polar surface area (TPSA) is 92.9 Å². The summed E-state index contributed by atoms with van der Waals surface area (Å²) in [5.41, 5.74) is 6.71. The highest BCUT2D eigenvalue weighted by Crippen LogP contribution is 2.32. The molecule has 174 valence electrons. The lowest BCUT2D eigenvalue weighted by molar-refractivity contribution is -0.115. The molecule has 4 aromatic rings. The van der Waals surface area contributed by atoms with Gasteiger partial charge in [0, 0.05) is 17.8 Å². The van der Waals surface area contributed by atoms with Crippen LogP contribution in [-0.4, -0.2) is 33.5 Å². The largest absolute Gasteiger partial charge is 0.496 e. The fourth-order valence-electron chi connectivity index (χ4n) is 3.82. The summed E-state index contributed by atoms with van der Waals surface area (Å²) in [6.07, 6.45) is 1.94. The van der Waals surface area contributed by atoms with Crippen LogP contribution in [0.2, 0.25) is 5.02 Å². The van der Waals surface area contributed by atoms with Gasteiger partial charge in [0.1, 0.15) is 17.0 Å². The molecule has 4 rings (SSSR count). The average molecular weight is 478 g/mol. The number of rotatable bonds is 6. The van der Waals surface area contributed by atoms with Crippen LogP contribution in [0.3, 0.4) is 0 Å². The maximum absolute atomic E-state index is 13.1. The number of amides is 1. The molecular weight excluding hydrogens is 454 g/mol. The Kier molecular flexibility index (Phi) is 6.30. The van der Waals surface area contributed by atoms with Crippen LogP contribution in [0.5, 0.6) is 5.75 Å². The van der Waals surface area contributed by atoms with Gasteiger partial charge in [-0.1, -0.05) is 23.7 Å². The fraction of sp³-hybridized carbons (Fsp3) is 0.192. The van der Waals surface area contributed by atoms with Crippen LogP contribution >= 0.6 is 11.6 Å². The number of hydrogen-bond acceptors (Lipinski definition) is 4. The van der Waals surface area contributed by atoms with Crippen molar-refractivity contribution in [1.82, 2.24) is 9.38 Å². The zero-order valence-corrected chi connectivity index (χ0v) is 20.0. The Morgan fingerprint density at radius 2 is 1.85 bits per heavy atom. The number of carbonyl (C=O) groups excluding carboxylic acids is 1. The van der Waals surface area contributed by atoms with Crippen LogP contribution < -0.4 is 10.1 Å². The third-order valence-electron chi connectivity index (χ3n) is 5.78. The first-order chi connectivity index (χ1) is 16.2. The number of imidazole rings is 1. The van der Waals surface area contributed by atoms with E-state index < -0.39 is 5.97 Å². The van der Waals surface area contributed by atoms with Crippen molar-refractivity contribution in [2.45, 2.75) is 27.2 Å². The van der Waals surface area contributed by atoms with Crippen molar-refractivity contribution in [2.24, 2.45) is 0 Å². The molecule has 0 spiro atoms. The van der Waals surface area contributed by atoms with Gasteiger partial charge in [-0.2, -0.15) is 0 Å². The highest BCUT2D eigenvalue weighted by Gasteiger charge is 2.20. The van der Waals surface area contributed by atoms with Gasteiger partial charge in [-0.05, 0) is 61.7 Å². The third kappa shape index (κ3) is 4.47. The summed E-state index contributed by atoms with van der Waals surface area (Å²) in [6.45, 7) is 6.09. The molecule has 0 fully saturated rings. The van der Waals surface area contributed by atoms with Gasteiger partial charge >= 0.3 is 5.97 Å². The lowest BCUT2D eigenvalue weighted by atomic mass is 10.0. The summed E-state index contributed by atoms with van der Waals surface area (Å²) in [5.74, 6) is -1.39. The normalized spacial score (nSPS) is 11.0. The van der Waals surface area contributed by atoms with E-state index in [4.69, 9.17) is 21.3 Å². The maximum Gasteiger partial charge on any atom is 0.339 e. The number of ether oxygens (including phenoxy) is 1. The van der Waals surface area contributed by atoms with Crippen LogP contribution in [0, 0.1) is 20.8 Å². The van der Waals surface area contributed by atoms with E-state index in [-0.39, 0.29) is 34.4 Å². The molecule has 1 amide bonds. The van der Waals surface area contributed by atoms with Crippen molar-refractivity contribution in [2.75, 3.05) is 12.4 Å². The Morgan fingerprint density at radius 3 is 2.53 bits per heavy atom. The second-order valence-corrected chi connectivity index (χ2v) is 8.61. The minimum atomic E-state index is -1.17. The molecule has 0 saturated heterocycles. The smallest absolute Gasteiger partial charge is 0.339 e. The molecule has 2 aromatic heterocycles. The van der Waals surface area contributed by atoms with Gasteiger partial charge in [-0.15, -0.1) is 0 Å². The minimum absolute atomic E-state index is 0.0335. The number of nitrogens with one attached hydrogen (secondary N) is 1. The average Bonchev–Trinajstić information content (AvgIpc) is 3.13. The Morgan fingerprint density at radius 1 is 1.09 bits per heavy atom. The van der Waals surface area contributed by atoms with Crippen molar-refractivity contribution in [3.05, 3.63) is 81.6 Å². The molecule has 7 nitrogen and oxygen atoms in total. The number of carboxylic acids is 1. The second kappa shape index (κ2) is 9.19. The second-order valence-electron chi connectivity index (χ2n) is 8.20. The molecule has 34 heavy (non-hydrogen) atoms. The Labute approximate surface area is 202 Å². The van der Waals surface area contributed by atoms with Crippen LogP contribution in [0.1, 0.15) is 32.7 Å². The number of pyridine rings is 1. The first kappa shape index (κ1) is 23.3. The van der Waals surface area contributed by atoms with E-state index in [1.807, 2.05) is 55.6 Å². The van der Waals surface area contributed by atoms with Crippen LogP contribution in [0.4, 0.5) is 5.69 Å². The van der Waals surface area contributed by atoms with E-state index in [0.29, 0.717) is 0 Å². The van der Waals surface area contributed by atoms with Crippen molar-refractivity contribution < 1.29 is 19.4 Å². The lowest BCUT2D eigenvalue weighted by Gasteiger charge is -2.12. The number of fused-ring (bicyclic) bond motifs is 1. The summed E-state index contributed by atoms with van der Waals surface area (Å²) >= 11 is 6.25. The molecule has 2 heterocycles. The molecule has 0 radical (unpaired) electrons.